The first kappa shape index (κ1) is 18.4. The Bertz CT molecular complexity index is 798. The van der Waals surface area contributed by atoms with Gasteiger partial charge >= 0.3 is 11.9 Å². The molecule has 4 rings (SSSR count). The summed E-state index contributed by atoms with van der Waals surface area (Å²) in [6.45, 7) is 10.8. The van der Waals surface area contributed by atoms with Crippen molar-refractivity contribution < 1.29 is 33.6 Å². The van der Waals surface area contributed by atoms with E-state index in [1.165, 1.54) is 0 Å². The summed E-state index contributed by atoms with van der Waals surface area (Å²) in [5.41, 5.74) is -1.13. The SMILES string of the molecule is C=C1C(=O)O[C@@H]2/C=C(/C)[C@@]3(O)C=C[C@@](C)(C[C@@H](OC(=O)[C@]4(C)O[C@H]4C)[C@@H]12)O3. The molecule has 0 aliphatic carbocycles. The second-order valence-corrected chi connectivity index (χ2v) is 8.23. The third-order valence-electron chi connectivity index (χ3n) is 6.10. The Labute approximate surface area is 157 Å². The highest BCUT2D eigenvalue weighted by Gasteiger charge is 2.59. The predicted octanol–water partition coefficient (Wildman–Crippen LogP) is 1.56. The Morgan fingerprint density at radius 3 is 2.67 bits per heavy atom. The minimum atomic E-state index is -1.59. The zero-order valence-electron chi connectivity index (χ0n) is 15.9. The van der Waals surface area contributed by atoms with Crippen LogP contribution in [0.15, 0.2) is 36.0 Å². The van der Waals surface area contributed by atoms with E-state index >= 15 is 0 Å². The van der Waals surface area contributed by atoms with Gasteiger partial charge in [0.1, 0.15) is 12.2 Å². The van der Waals surface area contributed by atoms with Crippen molar-refractivity contribution in [2.24, 2.45) is 5.92 Å². The molecule has 0 aromatic heterocycles. The van der Waals surface area contributed by atoms with E-state index < -0.39 is 47.1 Å². The van der Waals surface area contributed by atoms with Crippen LogP contribution in [0.4, 0.5) is 0 Å². The molecule has 7 atom stereocenters. The van der Waals surface area contributed by atoms with Crippen molar-refractivity contribution in [1.29, 1.82) is 0 Å². The molecule has 0 aromatic rings. The van der Waals surface area contributed by atoms with Gasteiger partial charge in [-0.05, 0) is 45.4 Å². The van der Waals surface area contributed by atoms with Gasteiger partial charge in [-0.15, -0.1) is 0 Å². The fraction of sp³-hybridized carbons (Fsp3) is 0.600. The first-order valence-electron chi connectivity index (χ1n) is 9.08. The second kappa shape index (κ2) is 5.53. The Morgan fingerprint density at radius 2 is 2.04 bits per heavy atom. The van der Waals surface area contributed by atoms with Gasteiger partial charge < -0.3 is 24.1 Å². The molecule has 0 radical (unpaired) electrons. The molecule has 0 spiro atoms. The fourth-order valence-corrected chi connectivity index (χ4v) is 4.02. The zero-order valence-corrected chi connectivity index (χ0v) is 15.9. The summed E-state index contributed by atoms with van der Waals surface area (Å²) in [6.07, 6.45) is 3.54. The van der Waals surface area contributed by atoms with E-state index in [2.05, 4.69) is 6.58 Å². The third kappa shape index (κ3) is 2.76. The average molecular weight is 376 g/mol. The predicted molar refractivity (Wildman–Crippen MR) is 93.3 cm³/mol. The summed E-state index contributed by atoms with van der Waals surface area (Å²) in [7, 11) is 0. The maximum absolute atomic E-state index is 12.7. The van der Waals surface area contributed by atoms with Gasteiger partial charge in [-0.3, -0.25) is 0 Å². The van der Waals surface area contributed by atoms with Crippen molar-refractivity contribution in [1.82, 2.24) is 0 Å². The molecule has 4 aliphatic rings. The summed E-state index contributed by atoms with van der Waals surface area (Å²) < 4.78 is 22.5. The Balaban J connectivity index is 1.72. The summed E-state index contributed by atoms with van der Waals surface area (Å²) in [4.78, 5) is 24.8. The maximum atomic E-state index is 12.7. The van der Waals surface area contributed by atoms with Crippen molar-refractivity contribution in [3.63, 3.8) is 0 Å². The second-order valence-electron chi connectivity index (χ2n) is 8.23. The van der Waals surface area contributed by atoms with Crippen LogP contribution in [0.3, 0.4) is 0 Å². The summed E-state index contributed by atoms with van der Waals surface area (Å²) >= 11 is 0. The number of carbonyl (C=O) groups excluding carboxylic acids is 2. The molecule has 146 valence electrons. The zero-order chi connectivity index (χ0) is 19.8. The Hall–Kier alpha value is -1.96. The molecule has 2 fully saturated rings. The first-order chi connectivity index (χ1) is 12.5. The van der Waals surface area contributed by atoms with Crippen LogP contribution in [-0.2, 0) is 28.5 Å². The molecule has 0 amide bonds. The molecular weight excluding hydrogens is 352 g/mol. The van der Waals surface area contributed by atoms with Gasteiger partial charge in [0, 0.05) is 12.0 Å². The number of epoxide rings is 1. The molecule has 1 N–H and O–H groups in total. The summed E-state index contributed by atoms with van der Waals surface area (Å²) in [5, 5.41) is 10.8. The lowest BCUT2D eigenvalue weighted by molar-refractivity contribution is -0.190. The number of ether oxygens (including phenoxy) is 4. The number of hydrogen-bond donors (Lipinski definition) is 1. The fourth-order valence-electron chi connectivity index (χ4n) is 4.02. The van der Waals surface area contributed by atoms with E-state index in [9.17, 15) is 14.7 Å². The van der Waals surface area contributed by atoms with E-state index in [1.807, 2.05) is 0 Å². The smallest absolute Gasteiger partial charge is 0.341 e. The van der Waals surface area contributed by atoms with Crippen LogP contribution in [-0.4, -0.2) is 52.3 Å². The largest absolute Gasteiger partial charge is 0.459 e. The molecule has 0 unspecified atom stereocenters. The lowest BCUT2D eigenvalue weighted by atomic mass is 9.83. The standard InChI is InChI=1S/C20H24O7/c1-10-8-13-15(11(2)16(21)24-13)14(25-17(22)19(5)12(3)26-19)9-18(4)6-7-20(10,23)27-18/h6-8,12-15,23H,2,9H2,1,3-5H3/b10-8-/t12-,13+,14+,15-,18-,19+,20+/m0/s1. The molecule has 2 saturated heterocycles. The molecule has 7 nitrogen and oxygen atoms in total. The van der Waals surface area contributed by atoms with Crippen molar-refractivity contribution in [3.8, 4) is 0 Å². The minimum absolute atomic E-state index is 0.229. The van der Waals surface area contributed by atoms with Crippen LogP contribution in [0.25, 0.3) is 0 Å². The van der Waals surface area contributed by atoms with Crippen LogP contribution in [0.2, 0.25) is 0 Å². The lowest BCUT2D eigenvalue weighted by Crippen LogP contribution is -2.42. The highest BCUT2D eigenvalue weighted by molar-refractivity contribution is 5.91. The third-order valence-corrected chi connectivity index (χ3v) is 6.10. The van der Waals surface area contributed by atoms with Gasteiger partial charge in [0.05, 0.1) is 17.6 Å². The normalized spacial score (nSPS) is 50.0. The van der Waals surface area contributed by atoms with Crippen LogP contribution >= 0.6 is 0 Å². The van der Waals surface area contributed by atoms with E-state index in [0.717, 1.165) is 0 Å². The van der Waals surface area contributed by atoms with Crippen molar-refractivity contribution in [2.45, 2.75) is 69.4 Å². The molecule has 0 aromatic carbocycles. The Kier molecular flexibility index (Phi) is 3.77. The quantitative estimate of drug-likeness (QED) is 0.338. The van der Waals surface area contributed by atoms with Crippen LogP contribution in [0, 0.1) is 5.92 Å². The van der Waals surface area contributed by atoms with Gasteiger partial charge in [-0.1, -0.05) is 12.7 Å². The van der Waals surface area contributed by atoms with Crippen LogP contribution < -0.4 is 0 Å². The maximum Gasteiger partial charge on any atom is 0.341 e. The Morgan fingerprint density at radius 1 is 1.37 bits per heavy atom. The molecule has 27 heavy (non-hydrogen) atoms. The van der Waals surface area contributed by atoms with Crippen LogP contribution in [0.1, 0.15) is 34.1 Å². The highest BCUT2D eigenvalue weighted by atomic mass is 16.7. The number of esters is 2. The van der Waals surface area contributed by atoms with Crippen molar-refractivity contribution in [3.05, 3.63) is 36.0 Å². The van der Waals surface area contributed by atoms with E-state index in [1.54, 1.807) is 45.9 Å². The highest BCUT2D eigenvalue weighted by Crippen LogP contribution is 2.45. The van der Waals surface area contributed by atoms with Crippen molar-refractivity contribution >= 4 is 11.9 Å². The van der Waals surface area contributed by atoms with E-state index in [-0.39, 0.29) is 18.1 Å². The lowest BCUT2D eigenvalue weighted by Gasteiger charge is -2.33. The number of carbonyl (C=O) groups is 2. The minimum Gasteiger partial charge on any atom is -0.459 e. The van der Waals surface area contributed by atoms with E-state index in [4.69, 9.17) is 18.9 Å². The van der Waals surface area contributed by atoms with Crippen LogP contribution in [0.5, 0.6) is 0 Å². The van der Waals surface area contributed by atoms with Crippen molar-refractivity contribution in [2.75, 3.05) is 0 Å². The summed E-state index contributed by atoms with van der Waals surface area (Å²) in [6, 6.07) is 0. The van der Waals surface area contributed by atoms with Gasteiger partial charge in [-0.25, -0.2) is 9.59 Å². The monoisotopic (exact) mass is 376 g/mol. The number of hydrogen-bond acceptors (Lipinski definition) is 7. The molecule has 0 saturated carbocycles. The molecule has 7 heteroatoms. The topological polar surface area (TPSA) is 94.6 Å². The number of aliphatic hydroxyl groups is 1. The number of fused-ring (bicyclic) bond motifs is 3. The molecule has 4 heterocycles. The van der Waals surface area contributed by atoms with Gasteiger partial charge in [0.2, 0.25) is 5.79 Å². The molecule has 2 bridgehead atoms. The first-order valence-corrected chi connectivity index (χ1v) is 9.08. The van der Waals surface area contributed by atoms with Gasteiger partial charge in [-0.2, -0.15) is 0 Å². The number of rotatable bonds is 2. The molecule has 4 aliphatic heterocycles. The molecular formula is C20H24O7. The average Bonchev–Trinajstić information content (AvgIpc) is 2.91. The van der Waals surface area contributed by atoms with Gasteiger partial charge in [0.25, 0.3) is 0 Å². The summed E-state index contributed by atoms with van der Waals surface area (Å²) in [5.74, 6) is -3.18. The van der Waals surface area contributed by atoms with Gasteiger partial charge in [0.15, 0.2) is 5.60 Å². The van der Waals surface area contributed by atoms with E-state index in [0.29, 0.717) is 5.57 Å².